The number of carbonyl (C=O) groups excluding carboxylic acids is 1. The van der Waals surface area contributed by atoms with E-state index in [0.29, 0.717) is 13.1 Å². The van der Waals surface area contributed by atoms with Crippen molar-refractivity contribution in [1.29, 1.82) is 0 Å². The number of amides is 1. The lowest BCUT2D eigenvalue weighted by Gasteiger charge is -2.33. The van der Waals surface area contributed by atoms with Crippen molar-refractivity contribution in [2.75, 3.05) is 13.1 Å². The number of hydrogen-bond acceptors (Lipinski definition) is 4. The number of aromatic carboxylic acids is 1. The maximum atomic E-state index is 12.6. The van der Waals surface area contributed by atoms with Crippen molar-refractivity contribution in [3.05, 3.63) is 68.0 Å². The first-order valence-electron chi connectivity index (χ1n) is 7.90. The number of likely N-dealkylation sites (tertiary alicyclic amines) is 1. The molecule has 3 rings (SSSR count). The molecule has 0 spiro atoms. The Hall–Kier alpha value is -3.16. The van der Waals surface area contributed by atoms with Gasteiger partial charge in [-0.05, 0) is 30.5 Å². The fourth-order valence-corrected chi connectivity index (χ4v) is 3.10. The Balaban J connectivity index is 1.82. The SMILES string of the molecule is O=C(O)c1cccc([C@@H]2CCCN(C(=O)c3c[nH]c(=O)[nH]c3=O)C2)c1. The van der Waals surface area contributed by atoms with E-state index in [2.05, 4.69) is 4.98 Å². The molecule has 0 aliphatic carbocycles. The molecule has 2 aromatic rings. The Kier molecular flexibility index (Phi) is 4.51. The first-order valence-corrected chi connectivity index (χ1v) is 7.90. The average Bonchev–Trinajstić information content (AvgIpc) is 2.61. The number of nitrogens with zero attached hydrogens (tertiary/aromatic N) is 1. The first-order chi connectivity index (χ1) is 12.0. The Labute approximate surface area is 142 Å². The second kappa shape index (κ2) is 6.76. The molecule has 1 fully saturated rings. The number of benzene rings is 1. The van der Waals surface area contributed by atoms with Gasteiger partial charge in [-0.1, -0.05) is 12.1 Å². The third-order valence-corrected chi connectivity index (χ3v) is 4.36. The molecule has 0 saturated carbocycles. The van der Waals surface area contributed by atoms with E-state index in [1.165, 1.54) is 6.07 Å². The van der Waals surface area contributed by atoms with Crippen LogP contribution in [-0.2, 0) is 0 Å². The van der Waals surface area contributed by atoms with Crippen LogP contribution < -0.4 is 11.2 Å². The highest BCUT2D eigenvalue weighted by Crippen LogP contribution is 2.28. The molecule has 1 aliphatic rings. The van der Waals surface area contributed by atoms with Crippen molar-refractivity contribution < 1.29 is 14.7 Å². The van der Waals surface area contributed by atoms with Crippen LogP contribution >= 0.6 is 0 Å². The van der Waals surface area contributed by atoms with E-state index in [4.69, 9.17) is 5.11 Å². The summed E-state index contributed by atoms with van der Waals surface area (Å²) in [6.45, 7) is 0.896. The van der Waals surface area contributed by atoms with E-state index >= 15 is 0 Å². The van der Waals surface area contributed by atoms with Crippen LogP contribution in [0.1, 0.15) is 45.0 Å². The minimum absolute atomic E-state index is 0.00107. The third kappa shape index (κ3) is 3.52. The van der Waals surface area contributed by atoms with Crippen molar-refractivity contribution in [2.45, 2.75) is 18.8 Å². The lowest BCUT2D eigenvalue weighted by molar-refractivity contribution is 0.0687. The van der Waals surface area contributed by atoms with E-state index < -0.39 is 23.1 Å². The van der Waals surface area contributed by atoms with Crippen LogP contribution in [0.3, 0.4) is 0 Å². The fraction of sp³-hybridized carbons (Fsp3) is 0.294. The lowest BCUT2D eigenvalue weighted by Crippen LogP contribution is -2.42. The fourth-order valence-electron chi connectivity index (χ4n) is 3.10. The van der Waals surface area contributed by atoms with Crippen molar-refractivity contribution in [3.63, 3.8) is 0 Å². The van der Waals surface area contributed by atoms with Gasteiger partial charge in [0.25, 0.3) is 11.5 Å². The molecule has 1 aliphatic heterocycles. The van der Waals surface area contributed by atoms with Gasteiger partial charge in [-0.3, -0.25) is 14.6 Å². The Morgan fingerprint density at radius 2 is 2.04 bits per heavy atom. The summed E-state index contributed by atoms with van der Waals surface area (Å²) in [5, 5.41) is 9.12. The summed E-state index contributed by atoms with van der Waals surface area (Å²) in [5.74, 6) is -1.44. The predicted molar refractivity (Wildman–Crippen MR) is 89.0 cm³/mol. The van der Waals surface area contributed by atoms with Gasteiger partial charge in [0.2, 0.25) is 0 Å². The molecule has 3 N–H and O–H groups in total. The smallest absolute Gasteiger partial charge is 0.335 e. The van der Waals surface area contributed by atoms with Crippen LogP contribution in [0.2, 0.25) is 0 Å². The Morgan fingerprint density at radius 3 is 2.76 bits per heavy atom. The van der Waals surface area contributed by atoms with Crippen molar-refractivity contribution in [1.82, 2.24) is 14.9 Å². The number of carboxylic acids is 1. The molecular formula is C17H17N3O5. The van der Waals surface area contributed by atoms with Crippen LogP contribution in [0.4, 0.5) is 0 Å². The summed E-state index contributed by atoms with van der Waals surface area (Å²) in [4.78, 5) is 52.5. The molecule has 8 heteroatoms. The molecule has 2 heterocycles. The molecule has 1 aromatic carbocycles. The molecule has 25 heavy (non-hydrogen) atoms. The van der Waals surface area contributed by atoms with Gasteiger partial charge in [0.1, 0.15) is 5.56 Å². The molecular weight excluding hydrogens is 326 g/mol. The summed E-state index contributed by atoms with van der Waals surface area (Å²) < 4.78 is 0. The highest BCUT2D eigenvalue weighted by atomic mass is 16.4. The number of aromatic nitrogens is 2. The van der Waals surface area contributed by atoms with Gasteiger partial charge in [-0.2, -0.15) is 0 Å². The van der Waals surface area contributed by atoms with Crippen LogP contribution in [0.15, 0.2) is 40.1 Å². The highest BCUT2D eigenvalue weighted by molar-refractivity contribution is 5.93. The molecule has 0 radical (unpaired) electrons. The van der Waals surface area contributed by atoms with E-state index in [1.807, 2.05) is 11.1 Å². The topological polar surface area (TPSA) is 123 Å². The van der Waals surface area contributed by atoms with Gasteiger partial charge < -0.3 is 15.0 Å². The van der Waals surface area contributed by atoms with E-state index in [9.17, 15) is 19.2 Å². The zero-order valence-electron chi connectivity index (χ0n) is 13.3. The second-order valence-electron chi connectivity index (χ2n) is 6.01. The zero-order chi connectivity index (χ0) is 18.0. The van der Waals surface area contributed by atoms with Crippen molar-refractivity contribution >= 4 is 11.9 Å². The van der Waals surface area contributed by atoms with Crippen molar-refractivity contribution in [2.24, 2.45) is 0 Å². The monoisotopic (exact) mass is 343 g/mol. The minimum Gasteiger partial charge on any atom is -0.478 e. The van der Waals surface area contributed by atoms with Crippen LogP contribution in [0.25, 0.3) is 0 Å². The van der Waals surface area contributed by atoms with Gasteiger partial charge in [-0.15, -0.1) is 0 Å². The van der Waals surface area contributed by atoms with E-state index in [1.54, 1.807) is 17.0 Å². The van der Waals surface area contributed by atoms with Gasteiger partial charge in [0.05, 0.1) is 5.56 Å². The molecule has 130 valence electrons. The number of hydrogen-bond donors (Lipinski definition) is 3. The number of nitrogens with one attached hydrogen (secondary N) is 2. The zero-order valence-corrected chi connectivity index (χ0v) is 13.3. The number of aromatic amines is 2. The van der Waals surface area contributed by atoms with Crippen LogP contribution in [0.5, 0.6) is 0 Å². The number of carboxylic acid groups (broad SMARTS) is 1. The van der Waals surface area contributed by atoms with Crippen molar-refractivity contribution in [3.8, 4) is 0 Å². The highest BCUT2D eigenvalue weighted by Gasteiger charge is 2.27. The molecule has 1 aromatic heterocycles. The Bertz CT molecular complexity index is 930. The molecule has 0 bridgehead atoms. The average molecular weight is 343 g/mol. The van der Waals surface area contributed by atoms with Gasteiger partial charge in [-0.25, -0.2) is 9.59 Å². The quantitative estimate of drug-likeness (QED) is 0.760. The normalized spacial score (nSPS) is 17.3. The molecule has 1 amide bonds. The molecule has 1 saturated heterocycles. The summed E-state index contributed by atoms with van der Waals surface area (Å²) in [6.07, 6.45) is 2.70. The second-order valence-corrected chi connectivity index (χ2v) is 6.01. The maximum Gasteiger partial charge on any atom is 0.335 e. The standard InChI is InChI=1S/C17H17N3O5/c21-14-13(8-18-17(25)19-14)15(22)20-6-2-5-12(9-20)10-3-1-4-11(7-10)16(23)24/h1,3-4,7-8,12H,2,5-6,9H2,(H,23,24)(H2,18,19,21,25)/t12-/m1/s1. The summed E-state index contributed by atoms with van der Waals surface area (Å²) >= 11 is 0. The largest absolute Gasteiger partial charge is 0.478 e. The molecule has 8 nitrogen and oxygen atoms in total. The summed E-state index contributed by atoms with van der Waals surface area (Å²) in [5.41, 5.74) is -0.433. The molecule has 1 atom stereocenters. The first kappa shape index (κ1) is 16.7. The maximum absolute atomic E-state index is 12.6. The Morgan fingerprint density at radius 1 is 1.24 bits per heavy atom. The van der Waals surface area contributed by atoms with E-state index in [0.717, 1.165) is 24.6 Å². The number of rotatable bonds is 3. The summed E-state index contributed by atoms with van der Waals surface area (Å²) in [7, 11) is 0. The number of H-pyrrole nitrogens is 2. The van der Waals surface area contributed by atoms with Gasteiger partial charge in [0, 0.05) is 25.2 Å². The minimum atomic E-state index is -0.995. The van der Waals surface area contributed by atoms with E-state index in [-0.39, 0.29) is 17.0 Å². The predicted octanol–water partition coefficient (Wildman–Crippen LogP) is 0.781. The van der Waals surface area contributed by atoms with Crippen LogP contribution in [0, 0.1) is 0 Å². The summed E-state index contributed by atoms with van der Waals surface area (Å²) in [6, 6.07) is 6.68. The number of carbonyl (C=O) groups is 2. The molecule has 0 unspecified atom stereocenters. The number of piperidine rings is 1. The van der Waals surface area contributed by atoms with Crippen LogP contribution in [-0.4, -0.2) is 44.9 Å². The van der Waals surface area contributed by atoms with Gasteiger partial charge >= 0.3 is 11.7 Å². The third-order valence-electron chi connectivity index (χ3n) is 4.36. The van der Waals surface area contributed by atoms with Gasteiger partial charge in [0.15, 0.2) is 0 Å². The lowest BCUT2D eigenvalue weighted by atomic mass is 9.89.